The summed E-state index contributed by atoms with van der Waals surface area (Å²) >= 11 is 1.69. The lowest BCUT2D eigenvalue weighted by molar-refractivity contribution is 0.270. The Labute approximate surface area is 136 Å². The van der Waals surface area contributed by atoms with Gasteiger partial charge >= 0.3 is 0 Å². The first-order valence-electron chi connectivity index (χ1n) is 6.61. The maximum Gasteiger partial charge on any atom is 0.191 e. The molecule has 1 unspecified atom stereocenters. The lowest BCUT2D eigenvalue weighted by Crippen LogP contribution is -2.43. The van der Waals surface area contributed by atoms with Crippen LogP contribution in [-0.4, -0.2) is 35.5 Å². The average molecular weight is 394 g/mol. The summed E-state index contributed by atoms with van der Waals surface area (Å²) < 4.78 is 0. The minimum atomic E-state index is 0. The zero-order chi connectivity index (χ0) is 13.0. The van der Waals surface area contributed by atoms with E-state index in [9.17, 15) is 0 Å². The first kappa shape index (κ1) is 16.7. The zero-order valence-corrected chi connectivity index (χ0v) is 14.8. The van der Waals surface area contributed by atoms with Crippen LogP contribution in [-0.2, 0) is 6.42 Å². The van der Waals surface area contributed by atoms with E-state index in [4.69, 9.17) is 5.73 Å². The highest BCUT2D eigenvalue weighted by Gasteiger charge is 2.17. The molecule has 0 spiro atoms. The third-order valence-electron chi connectivity index (χ3n) is 3.29. The second kappa shape index (κ2) is 8.04. The SMILES string of the molecule is Cc1nc(CCN=C(N)N2CCCC(C)C2)cs1.I. The highest BCUT2D eigenvalue weighted by atomic mass is 127. The number of likely N-dealkylation sites (tertiary alicyclic amines) is 1. The van der Waals surface area contributed by atoms with Crippen molar-refractivity contribution in [1.82, 2.24) is 9.88 Å². The van der Waals surface area contributed by atoms with Crippen molar-refractivity contribution in [2.75, 3.05) is 19.6 Å². The topological polar surface area (TPSA) is 54.5 Å². The van der Waals surface area contributed by atoms with Crippen molar-refractivity contribution < 1.29 is 0 Å². The molecule has 1 aromatic heterocycles. The lowest BCUT2D eigenvalue weighted by atomic mass is 10.0. The van der Waals surface area contributed by atoms with Crippen LogP contribution in [0.15, 0.2) is 10.4 Å². The maximum atomic E-state index is 6.04. The van der Waals surface area contributed by atoms with Crippen LogP contribution in [0.3, 0.4) is 0 Å². The van der Waals surface area contributed by atoms with E-state index in [1.807, 2.05) is 6.92 Å². The number of aryl methyl sites for hydroxylation is 1. The number of hydrogen-bond donors (Lipinski definition) is 1. The molecule has 6 heteroatoms. The molecule has 108 valence electrons. The summed E-state index contributed by atoms with van der Waals surface area (Å²) in [6, 6.07) is 0. The molecule has 19 heavy (non-hydrogen) atoms. The first-order valence-corrected chi connectivity index (χ1v) is 7.49. The fraction of sp³-hybridized carbons (Fsp3) is 0.692. The van der Waals surface area contributed by atoms with Gasteiger partial charge in [-0.2, -0.15) is 0 Å². The molecule has 1 aromatic rings. The molecule has 0 bridgehead atoms. The summed E-state index contributed by atoms with van der Waals surface area (Å²) in [5.41, 5.74) is 7.16. The molecule has 0 radical (unpaired) electrons. The van der Waals surface area contributed by atoms with Crippen LogP contribution in [0.25, 0.3) is 0 Å². The number of hydrogen-bond acceptors (Lipinski definition) is 3. The third-order valence-corrected chi connectivity index (χ3v) is 4.11. The monoisotopic (exact) mass is 394 g/mol. The zero-order valence-electron chi connectivity index (χ0n) is 11.6. The molecule has 0 amide bonds. The Kier molecular flexibility index (Phi) is 7.06. The summed E-state index contributed by atoms with van der Waals surface area (Å²) in [6.45, 7) is 7.14. The second-order valence-electron chi connectivity index (χ2n) is 5.04. The summed E-state index contributed by atoms with van der Waals surface area (Å²) in [5.74, 6) is 1.43. The number of nitrogens with zero attached hydrogens (tertiary/aromatic N) is 3. The molecular formula is C13H23IN4S. The van der Waals surface area contributed by atoms with Crippen LogP contribution in [0.2, 0.25) is 0 Å². The van der Waals surface area contributed by atoms with Gasteiger partial charge in [0.25, 0.3) is 0 Å². The van der Waals surface area contributed by atoms with E-state index in [0.717, 1.165) is 42.7 Å². The number of nitrogens with two attached hydrogens (primary N) is 1. The highest BCUT2D eigenvalue weighted by Crippen LogP contribution is 2.15. The van der Waals surface area contributed by atoms with Crippen LogP contribution in [0.4, 0.5) is 0 Å². The largest absolute Gasteiger partial charge is 0.370 e. The fourth-order valence-corrected chi connectivity index (χ4v) is 2.95. The van der Waals surface area contributed by atoms with E-state index in [1.165, 1.54) is 12.8 Å². The highest BCUT2D eigenvalue weighted by molar-refractivity contribution is 14.0. The van der Waals surface area contributed by atoms with Crippen molar-refractivity contribution in [2.45, 2.75) is 33.1 Å². The summed E-state index contributed by atoms with van der Waals surface area (Å²) in [5, 5.41) is 3.22. The number of guanidine groups is 1. The Balaban J connectivity index is 0.00000180. The molecular weight excluding hydrogens is 371 g/mol. The van der Waals surface area contributed by atoms with Crippen molar-refractivity contribution in [3.05, 3.63) is 16.1 Å². The normalized spacial score (nSPS) is 20.2. The number of aliphatic imine (C=N–C) groups is 1. The minimum absolute atomic E-state index is 0. The van der Waals surface area contributed by atoms with Gasteiger partial charge in [0.1, 0.15) is 0 Å². The molecule has 1 saturated heterocycles. The van der Waals surface area contributed by atoms with Crippen LogP contribution in [0.1, 0.15) is 30.5 Å². The molecule has 1 aliphatic heterocycles. The fourth-order valence-electron chi connectivity index (χ4n) is 2.31. The van der Waals surface area contributed by atoms with Crippen LogP contribution >= 0.6 is 35.3 Å². The molecule has 0 aromatic carbocycles. The Morgan fingerprint density at radius 2 is 2.42 bits per heavy atom. The molecule has 0 saturated carbocycles. The number of aromatic nitrogens is 1. The molecule has 1 atom stereocenters. The Morgan fingerprint density at radius 1 is 1.63 bits per heavy atom. The van der Waals surface area contributed by atoms with E-state index in [-0.39, 0.29) is 24.0 Å². The molecule has 2 rings (SSSR count). The standard InChI is InChI=1S/C13H22N4S.HI/c1-10-4-3-7-17(8-10)13(14)15-6-5-12-9-18-11(2)16-12;/h9-10H,3-8H2,1-2H3,(H2,14,15);1H. The number of rotatable bonds is 3. The van der Waals surface area contributed by atoms with Gasteiger partial charge in [0.2, 0.25) is 0 Å². The third kappa shape index (κ3) is 5.25. The van der Waals surface area contributed by atoms with E-state index < -0.39 is 0 Å². The van der Waals surface area contributed by atoms with Crippen LogP contribution in [0.5, 0.6) is 0 Å². The van der Waals surface area contributed by atoms with Gasteiger partial charge in [0, 0.05) is 31.4 Å². The average Bonchev–Trinajstić information content (AvgIpc) is 2.75. The van der Waals surface area contributed by atoms with Gasteiger partial charge in [0.05, 0.1) is 10.7 Å². The number of thiazole rings is 1. The number of halogens is 1. The summed E-state index contributed by atoms with van der Waals surface area (Å²) in [6.07, 6.45) is 3.42. The minimum Gasteiger partial charge on any atom is -0.370 e. The Hall–Kier alpha value is -0.370. The second-order valence-corrected chi connectivity index (χ2v) is 6.10. The van der Waals surface area contributed by atoms with E-state index in [1.54, 1.807) is 11.3 Å². The van der Waals surface area contributed by atoms with E-state index in [2.05, 4.69) is 27.2 Å². The van der Waals surface area contributed by atoms with Crippen molar-refractivity contribution in [2.24, 2.45) is 16.6 Å². The molecule has 2 N–H and O–H groups in total. The van der Waals surface area contributed by atoms with Crippen molar-refractivity contribution >= 4 is 41.3 Å². The molecule has 2 heterocycles. The van der Waals surface area contributed by atoms with E-state index in [0.29, 0.717) is 5.96 Å². The summed E-state index contributed by atoms with van der Waals surface area (Å²) in [7, 11) is 0. The summed E-state index contributed by atoms with van der Waals surface area (Å²) in [4.78, 5) is 11.1. The van der Waals surface area contributed by atoms with Gasteiger partial charge in [-0.3, -0.25) is 4.99 Å². The van der Waals surface area contributed by atoms with Crippen LogP contribution < -0.4 is 5.73 Å². The predicted octanol–water partition coefficient (Wildman–Crippen LogP) is 2.66. The Morgan fingerprint density at radius 3 is 3.05 bits per heavy atom. The first-order chi connectivity index (χ1) is 8.65. The van der Waals surface area contributed by atoms with E-state index >= 15 is 0 Å². The molecule has 0 aliphatic carbocycles. The molecule has 1 aliphatic rings. The lowest BCUT2D eigenvalue weighted by Gasteiger charge is -2.31. The van der Waals surface area contributed by atoms with Crippen molar-refractivity contribution in [3.8, 4) is 0 Å². The van der Waals surface area contributed by atoms with Crippen LogP contribution in [0, 0.1) is 12.8 Å². The smallest absolute Gasteiger partial charge is 0.191 e. The van der Waals surface area contributed by atoms with Gasteiger partial charge in [-0.05, 0) is 25.7 Å². The number of piperidine rings is 1. The van der Waals surface area contributed by atoms with Gasteiger partial charge in [-0.1, -0.05) is 6.92 Å². The quantitative estimate of drug-likeness (QED) is 0.487. The molecule has 1 fully saturated rings. The van der Waals surface area contributed by atoms with Crippen molar-refractivity contribution in [3.63, 3.8) is 0 Å². The van der Waals surface area contributed by atoms with Gasteiger partial charge < -0.3 is 10.6 Å². The Bertz CT molecular complexity index is 419. The van der Waals surface area contributed by atoms with Gasteiger partial charge in [-0.15, -0.1) is 35.3 Å². The van der Waals surface area contributed by atoms with Gasteiger partial charge in [0.15, 0.2) is 5.96 Å². The predicted molar refractivity (Wildman–Crippen MR) is 92.4 cm³/mol. The van der Waals surface area contributed by atoms with Gasteiger partial charge in [-0.25, -0.2) is 4.98 Å². The maximum absolute atomic E-state index is 6.04. The van der Waals surface area contributed by atoms with Crippen molar-refractivity contribution in [1.29, 1.82) is 0 Å². The molecule has 4 nitrogen and oxygen atoms in total.